The van der Waals surface area contributed by atoms with Gasteiger partial charge in [0.15, 0.2) is 0 Å². The van der Waals surface area contributed by atoms with Gasteiger partial charge in [-0.05, 0) is 86.2 Å². The number of fused-ring (bicyclic) bond motifs is 1. The zero-order valence-corrected chi connectivity index (χ0v) is 20.4. The molecule has 0 aliphatic heterocycles. The van der Waals surface area contributed by atoms with Gasteiger partial charge in [0.05, 0.1) is 5.92 Å². The molecule has 1 heterocycles. The Kier molecular flexibility index (Phi) is 7.60. The van der Waals surface area contributed by atoms with Crippen LogP contribution in [0.4, 0.5) is 13.2 Å². The summed E-state index contributed by atoms with van der Waals surface area (Å²) in [5.74, 6) is -0.169. The molecule has 1 aromatic heterocycles. The number of aryl methyl sites for hydroxylation is 1. The summed E-state index contributed by atoms with van der Waals surface area (Å²) in [4.78, 5) is 14.0. The SMILES string of the molecule is CCSc1ccc(CNC(=O)c2ccc3c(c2)cc(C2CCC(C(F)(F)F)CC2)n3CC)cc1. The van der Waals surface area contributed by atoms with E-state index in [-0.39, 0.29) is 24.7 Å². The Bertz CT molecular complexity index is 1130. The molecule has 7 heteroatoms. The molecule has 34 heavy (non-hydrogen) atoms. The fourth-order valence-electron chi connectivity index (χ4n) is 5.00. The van der Waals surface area contributed by atoms with Crippen LogP contribution >= 0.6 is 11.8 Å². The molecule has 0 unspecified atom stereocenters. The van der Waals surface area contributed by atoms with Gasteiger partial charge in [-0.2, -0.15) is 13.2 Å². The van der Waals surface area contributed by atoms with Gasteiger partial charge in [-0.15, -0.1) is 11.8 Å². The Morgan fingerprint density at radius 3 is 2.35 bits per heavy atom. The number of carbonyl (C=O) groups excluding carboxylic acids is 1. The lowest BCUT2D eigenvalue weighted by atomic mass is 9.80. The van der Waals surface area contributed by atoms with Crippen molar-refractivity contribution in [1.29, 1.82) is 0 Å². The summed E-state index contributed by atoms with van der Waals surface area (Å²) in [6, 6.07) is 15.9. The quantitative estimate of drug-likeness (QED) is 0.349. The van der Waals surface area contributed by atoms with E-state index in [1.165, 1.54) is 4.90 Å². The number of rotatable bonds is 7. The highest BCUT2D eigenvalue weighted by molar-refractivity contribution is 7.99. The van der Waals surface area contributed by atoms with Crippen LogP contribution < -0.4 is 5.32 Å². The van der Waals surface area contributed by atoms with Gasteiger partial charge in [-0.3, -0.25) is 4.79 Å². The van der Waals surface area contributed by atoms with Gasteiger partial charge in [0.2, 0.25) is 0 Å². The zero-order chi connectivity index (χ0) is 24.3. The number of thioether (sulfide) groups is 1. The lowest BCUT2D eigenvalue weighted by Gasteiger charge is -2.30. The molecule has 182 valence electrons. The Hall–Kier alpha value is -2.41. The summed E-state index contributed by atoms with van der Waals surface area (Å²) in [5, 5.41) is 3.95. The number of nitrogens with zero attached hydrogens (tertiary/aromatic N) is 1. The summed E-state index contributed by atoms with van der Waals surface area (Å²) in [6.07, 6.45) is -2.63. The maximum atomic E-state index is 13.1. The van der Waals surface area contributed by atoms with Crippen LogP contribution in [0.25, 0.3) is 10.9 Å². The van der Waals surface area contributed by atoms with Gasteiger partial charge in [-0.1, -0.05) is 19.1 Å². The van der Waals surface area contributed by atoms with Crippen molar-refractivity contribution in [1.82, 2.24) is 9.88 Å². The number of amides is 1. The molecule has 3 nitrogen and oxygen atoms in total. The highest BCUT2D eigenvalue weighted by atomic mass is 32.2. The molecule has 0 atom stereocenters. The summed E-state index contributed by atoms with van der Waals surface area (Å²) in [5.41, 5.74) is 3.74. The van der Waals surface area contributed by atoms with Gasteiger partial charge in [0, 0.05) is 40.1 Å². The largest absolute Gasteiger partial charge is 0.391 e. The van der Waals surface area contributed by atoms with Gasteiger partial charge < -0.3 is 9.88 Å². The smallest absolute Gasteiger partial charge is 0.348 e. The van der Waals surface area contributed by atoms with Crippen molar-refractivity contribution >= 4 is 28.6 Å². The summed E-state index contributed by atoms with van der Waals surface area (Å²) in [6.45, 7) is 5.37. The van der Waals surface area contributed by atoms with E-state index in [0.29, 0.717) is 24.9 Å². The van der Waals surface area contributed by atoms with Crippen molar-refractivity contribution in [3.8, 4) is 0 Å². The number of carbonyl (C=O) groups is 1. The maximum Gasteiger partial charge on any atom is 0.391 e. The second-order valence-electron chi connectivity index (χ2n) is 8.94. The Balaban J connectivity index is 1.46. The molecule has 4 rings (SSSR count). The molecular weight excluding hydrogens is 457 g/mol. The highest BCUT2D eigenvalue weighted by Gasteiger charge is 2.42. The molecule has 0 saturated heterocycles. The first kappa shape index (κ1) is 24.7. The summed E-state index contributed by atoms with van der Waals surface area (Å²) < 4.78 is 41.4. The Labute approximate surface area is 203 Å². The normalized spacial score (nSPS) is 18.9. The zero-order valence-electron chi connectivity index (χ0n) is 19.6. The lowest BCUT2D eigenvalue weighted by molar-refractivity contribution is -0.182. The van der Waals surface area contributed by atoms with E-state index in [4.69, 9.17) is 0 Å². The second-order valence-corrected chi connectivity index (χ2v) is 10.3. The third-order valence-corrected chi connectivity index (χ3v) is 7.70. The van der Waals surface area contributed by atoms with Gasteiger partial charge in [0.25, 0.3) is 5.91 Å². The Morgan fingerprint density at radius 2 is 1.74 bits per heavy atom. The number of benzene rings is 2. The van der Waals surface area contributed by atoms with Crippen molar-refractivity contribution < 1.29 is 18.0 Å². The molecule has 1 N–H and O–H groups in total. The topological polar surface area (TPSA) is 34.0 Å². The third kappa shape index (κ3) is 5.45. The molecule has 0 radical (unpaired) electrons. The van der Waals surface area contributed by atoms with Crippen LogP contribution in [0.3, 0.4) is 0 Å². The molecule has 1 fully saturated rings. The van der Waals surface area contributed by atoms with E-state index in [1.54, 1.807) is 11.8 Å². The predicted molar refractivity (Wildman–Crippen MR) is 132 cm³/mol. The van der Waals surface area contributed by atoms with Gasteiger partial charge in [-0.25, -0.2) is 0 Å². The molecule has 1 aliphatic rings. The van der Waals surface area contributed by atoms with Crippen LogP contribution in [0.2, 0.25) is 0 Å². The Morgan fingerprint density at radius 1 is 1.03 bits per heavy atom. The number of halogens is 3. The van der Waals surface area contributed by atoms with E-state index in [0.717, 1.165) is 34.5 Å². The predicted octanol–water partition coefficient (Wildman–Crippen LogP) is 7.54. The van der Waals surface area contributed by atoms with Crippen LogP contribution in [0.5, 0.6) is 0 Å². The van der Waals surface area contributed by atoms with E-state index in [2.05, 4.69) is 41.9 Å². The number of hydrogen-bond acceptors (Lipinski definition) is 2. The molecule has 0 bridgehead atoms. The molecule has 1 amide bonds. The minimum Gasteiger partial charge on any atom is -0.348 e. The average Bonchev–Trinajstić information content (AvgIpc) is 3.21. The van der Waals surface area contributed by atoms with Crippen LogP contribution in [0.1, 0.15) is 67.1 Å². The van der Waals surface area contributed by atoms with Gasteiger partial charge in [0.1, 0.15) is 0 Å². The highest BCUT2D eigenvalue weighted by Crippen LogP contribution is 2.43. The minimum absolute atomic E-state index is 0.122. The second kappa shape index (κ2) is 10.5. The van der Waals surface area contributed by atoms with Gasteiger partial charge >= 0.3 is 6.18 Å². The van der Waals surface area contributed by atoms with Crippen LogP contribution in [-0.4, -0.2) is 22.4 Å². The lowest BCUT2D eigenvalue weighted by Crippen LogP contribution is -2.27. The number of alkyl halides is 3. The van der Waals surface area contributed by atoms with Crippen LogP contribution in [0, 0.1) is 5.92 Å². The third-order valence-electron chi connectivity index (χ3n) is 6.81. The molecule has 2 aromatic carbocycles. The van der Waals surface area contributed by atoms with Crippen molar-refractivity contribution in [2.45, 2.75) is 69.6 Å². The van der Waals surface area contributed by atoms with E-state index >= 15 is 0 Å². The first-order chi connectivity index (χ1) is 16.3. The van der Waals surface area contributed by atoms with Crippen LogP contribution in [-0.2, 0) is 13.1 Å². The maximum absolute atomic E-state index is 13.1. The van der Waals surface area contributed by atoms with Crippen molar-refractivity contribution in [2.75, 3.05) is 5.75 Å². The first-order valence-electron chi connectivity index (χ1n) is 12.0. The molecule has 0 spiro atoms. The number of aromatic nitrogens is 1. The van der Waals surface area contributed by atoms with E-state index in [9.17, 15) is 18.0 Å². The number of nitrogens with one attached hydrogen (secondary N) is 1. The van der Waals surface area contributed by atoms with Crippen molar-refractivity contribution in [3.05, 3.63) is 65.4 Å². The molecular formula is C27H31F3N2OS. The fraction of sp³-hybridized carbons (Fsp3) is 0.444. The van der Waals surface area contributed by atoms with Crippen LogP contribution in [0.15, 0.2) is 53.4 Å². The standard InChI is InChI=1S/C27H31F3N2OS/c1-3-32-24-14-9-20(26(33)31-17-18-5-12-23(13-6-18)34-4-2)15-21(24)16-25(32)19-7-10-22(11-8-19)27(28,29)30/h5-6,9,12-16,19,22H,3-4,7-8,10-11,17H2,1-2H3,(H,31,33). The summed E-state index contributed by atoms with van der Waals surface area (Å²) >= 11 is 1.78. The first-order valence-corrected chi connectivity index (χ1v) is 13.0. The van der Waals surface area contributed by atoms with Crippen molar-refractivity contribution in [2.24, 2.45) is 5.92 Å². The molecule has 3 aromatic rings. The monoisotopic (exact) mass is 488 g/mol. The fourth-order valence-corrected chi connectivity index (χ4v) is 5.66. The molecule has 1 saturated carbocycles. The average molecular weight is 489 g/mol. The minimum atomic E-state index is -4.10. The van der Waals surface area contributed by atoms with E-state index < -0.39 is 12.1 Å². The number of hydrogen-bond donors (Lipinski definition) is 1. The van der Waals surface area contributed by atoms with E-state index in [1.807, 2.05) is 30.3 Å². The van der Waals surface area contributed by atoms with Crippen molar-refractivity contribution in [3.63, 3.8) is 0 Å². The summed E-state index contributed by atoms with van der Waals surface area (Å²) in [7, 11) is 0. The molecule has 1 aliphatic carbocycles.